The minimum Gasteiger partial charge on any atom is -0.459 e. The molecule has 0 N–H and O–H groups in total. The number of carbonyl (C=O) groups is 2. The van der Waals surface area contributed by atoms with Crippen LogP contribution in [0.2, 0.25) is 0 Å². The average molecular weight is 444 g/mol. The van der Waals surface area contributed by atoms with Crippen molar-refractivity contribution in [2.45, 2.75) is 6.92 Å². The summed E-state index contributed by atoms with van der Waals surface area (Å²) in [4.78, 5) is 22.5. The zero-order valence-corrected chi connectivity index (χ0v) is 17.9. The number of esters is 2. The fourth-order valence-electron chi connectivity index (χ4n) is 2.78. The molecule has 0 aliphatic carbocycles. The topological polar surface area (TPSA) is 61.8 Å². The Morgan fingerprint density at radius 3 is 1.94 bits per heavy atom. The van der Waals surface area contributed by atoms with Crippen molar-refractivity contribution < 1.29 is 28.2 Å². The molecule has 6 heteroatoms. The largest absolute Gasteiger partial charge is 0.459 e. The molecule has 0 spiro atoms. The highest BCUT2D eigenvalue weighted by atomic mass is 19.1. The third-order valence-corrected chi connectivity index (χ3v) is 4.50. The lowest BCUT2D eigenvalue weighted by Gasteiger charge is -2.08. The van der Waals surface area contributed by atoms with Crippen LogP contribution < -0.4 is 9.47 Å². The third kappa shape index (κ3) is 6.27. The van der Waals surface area contributed by atoms with Gasteiger partial charge in [-0.1, -0.05) is 55.6 Å². The van der Waals surface area contributed by atoms with E-state index in [-0.39, 0.29) is 5.75 Å². The molecule has 0 heterocycles. The van der Waals surface area contributed by atoms with E-state index in [1.807, 2.05) is 36.4 Å². The fourth-order valence-corrected chi connectivity index (χ4v) is 2.78. The molecule has 0 aromatic heterocycles. The van der Waals surface area contributed by atoms with Gasteiger partial charge in [0.1, 0.15) is 18.3 Å². The molecular formula is C27H21FO5. The standard InChI is InChI=1S/C27H21FO5/c1-4-26(29)32-16-15-31-25-14-11-22(17-24(25)28)21-7-5-19(6-8-21)20-9-12-23(13-10-20)33-27(30)18(2)3/h4-17H,1-2H2,3H3/b16-15-. The van der Waals surface area contributed by atoms with Crippen LogP contribution in [0.25, 0.3) is 22.3 Å². The quantitative estimate of drug-likeness (QED) is 0.179. The van der Waals surface area contributed by atoms with Crippen LogP contribution in [-0.4, -0.2) is 11.9 Å². The first-order chi connectivity index (χ1) is 15.9. The average Bonchev–Trinajstić information content (AvgIpc) is 2.83. The number of benzene rings is 3. The summed E-state index contributed by atoms with van der Waals surface area (Å²) in [5.41, 5.74) is 3.73. The first-order valence-electron chi connectivity index (χ1n) is 9.90. The highest BCUT2D eigenvalue weighted by Crippen LogP contribution is 2.29. The van der Waals surface area contributed by atoms with Crippen molar-refractivity contribution in [1.82, 2.24) is 0 Å². The molecule has 0 amide bonds. The van der Waals surface area contributed by atoms with Gasteiger partial charge in [0.25, 0.3) is 0 Å². The molecular weight excluding hydrogens is 423 g/mol. The lowest BCUT2D eigenvalue weighted by Crippen LogP contribution is -2.07. The van der Waals surface area contributed by atoms with Gasteiger partial charge in [-0.2, -0.15) is 0 Å². The second-order valence-electron chi connectivity index (χ2n) is 6.95. The van der Waals surface area contributed by atoms with Gasteiger partial charge in [0.05, 0.1) is 0 Å². The summed E-state index contributed by atoms with van der Waals surface area (Å²) in [5.74, 6) is -1.24. The number of hydrogen-bond acceptors (Lipinski definition) is 5. The summed E-state index contributed by atoms with van der Waals surface area (Å²) in [6, 6.07) is 19.3. The van der Waals surface area contributed by atoms with Crippen molar-refractivity contribution >= 4 is 11.9 Å². The van der Waals surface area contributed by atoms with Crippen LogP contribution in [0.1, 0.15) is 6.92 Å². The van der Waals surface area contributed by atoms with Crippen LogP contribution in [0, 0.1) is 5.82 Å². The van der Waals surface area contributed by atoms with E-state index in [2.05, 4.69) is 17.9 Å². The SMILES string of the molecule is C=CC(=O)O/C=C\Oc1ccc(-c2ccc(-c3ccc(OC(=O)C(=C)C)cc3)cc2)cc1F. The summed E-state index contributed by atoms with van der Waals surface area (Å²) in [6.07, 6.45) is 3.08. The zero-order chi connectivity index (χ0) is 23.8. The summed E-state index contributed by atoms with van der Waals surface area (Å²) in [6.45, 7) is 8.41. The number of carbonyl (C=O) groups excluding carboxylic acids is 2. The molecule has 166 valence electrons. The minimum absolute atomic E-state index is 0.00582. The molecule has 0 saturated heterocycles. The summed E-state index contributed by atoms with van der Waals surface area (Å²) >= 11 is 0. The van der Waals surface area contributed by atoms with Gasteiger partial charge in [-0.15, -0.1) is 0 Å². The van der Waals surface area contributed by atoms with Crippen LogP contribution in [0.3, 0.4) is 0 Å². The Balaban J connectivity index is 1.68. The highest BCUT2D eigenvalue weighted by Gasteiger charge is 2.08. The molecule has 0 aliphatic heterocycles. The Kier molecular flexibility index (Phi) is 7.55. The molecule has 0 atom stereocenters. The van der Waals surface area contributed by atoms with Crippen molar-refractivity contribution in [3.8, 4) is 33.8 Å². The van der Waals surface area contributed by atoms with E-state index in [1.165, 1.54) is 12.1 Å². The van der Waals surface area contributed by atoms with E-state index in [0.29, 0.717) is 16.9 Å². The molecule has 5 nitrogen and oxygen atoms in total. The molecule has 0 aliphatic rings. The van der Waals surface area contributed by atoms with Crippen molar-refractivity contribution in [3.05, 3.63) is 110 Å². The smallest absolute Gasteiger partial charge is 0.338 e. The lowest BCUT2D eigenvalue weighted by molar-refractivity contribution is -0.132. The van der Waals surface area contributed by atoms with Gasteiger partial charge in [0.15, 0.2) is 11.6 Å². The maximum atomic E-state index is 14.4. The minimum atomic E-state index is -0.642. The van der Waals surface area contributed by atoms with E-state index in [0.717, 1.165) is 35.3 Å². The first-order valence-corrected chi connectivity index (χ1v) is 9.90. The van der Waals surface area contributed by atoms with Gasteiger partial charge < -0.3 is 14.2 Å². The van der Waals surface area contributed by atoms with Crippen LogP contribution in [0.15, 0.2) is 104 Å². The summed E-state index contributed by atoms with van der Waals surface area (Å²) in [7, 11) is 0. The van der Waals surface area contributed by atoms with E-state index < -0.39 is 17.8 Å². The van der Waals surface area contributed by atoms with Gasteiger partial charge in [-0.25, -0.2) is 14.0 Å². The van der Waals surface area contributed by atoms with Crippen molar-refractivity contribution in [1.29, 1.82) is 0 Å². The van der Waals surface area contributed by atoms with Crippen molar-refractivity contribution in [2.75, 3.05) is 0 Å². The number of halogens is 1. The van der Waals surface area contributed by atoms with Crippen molar-refractivity contribution in [3.63, 3.8) is 0 Å². The van der Waals surface area contributed by atoms with Crippen LogP contribution in [0.5, 0.6) is 11.5 Å². The highest BCUT2D eigenvalue weighted by molar-refractivity contribution is 5.88. The predicted octanol–water partition coefficient (Wildman–Crippen LogP) is 6.22. The molecule has 3 aromatic rings. The Morgan fingerprint density at radius 1 is 0.848 bits per heavy atom. The maximum absolute atomic E-state index is 14.4. The number of ether oxygens (including phenoxy) is 3. The summed E-state index contributed by atoms with van der Waals surface area (Å²) < 4.78 is 29.3. The van der Waals surface area contributed by atoms with Gasteiger partial charge in [0, 0.05) is 11.6 Å². The Morgan fingerprint density at radius 2 is 1.39 bits per heavy atom. The second kappa shape index (κ2) is 10.7. The molecule has 0 saturated carbocycles. The zero-order valence-electron chi connectivity index (χ0n) is 17.9. The van der Waals surface area contributed by atoms with Gasteiger partial charge in [-0.3, -0.25) is 0 Å². The van der Waals surface area contributed by atoms with E-state index in [4.69, 9.17) is 9.47 Å². The first kappa shape index (κ1) is 23.2. The Labute approximate surface area is 191 Å². The molecule has 33 heavy (non-hydrogen) atoms. The summed E-state index contributed by atoms with van der Waals surface area (Å²) in [5, 5.41) is 0. The van der Waals surface area contributed by atoms with Gasteiger partial charge in [0.2, 0.25) is 0 Å². The lowest BCUT2D eigenvalue weighted by atomic mass is 10.00. The van der Waals surface area contributed by atoms with E-state index in [1.54, 1.807) is 25.1 Å². The monoisotopic (exact) mass is 444 g/mol. The van der Waals surface area contributed by atoms with Crippen LogP contribution in [-0.2, 0) is 14.3 Å². The molecule has 3 aromatic carbocycles. The molecule has 0 bridgehead atoms. The fraction of sp³-hybridized carbons (Fsp3) is 0.0370. The van der Waals surface area contributed by atoms with Crippen molar-refractivity contribution in [2.24, 2.45) is 0 Å². The van der Waals surface area contributed by atoms with E-state index >= 15 is 0 Å². The Hall–Kier alpha value is -4.45. The number of hydrogen-bond donors (Lipinski definition) is 0. The van der Waals surface area contributed by atoms with Crippen LogP contribution in [0.4, 0.5) is 4.39 Å². The second-order valence-corrected chi connectivity index (χ2v) is 6.95. The van der Waals surface area contributed by atoms with Gasteiger partial charge >= 0.3 is 11.9 Å². The molecule has 0 radical (unpaired) electrons. The molecule has 3 rings (SSSR count). The normalized spacial score (nSPS) is 10.5. The van der Waals surface area contributed by atoms with E-state index in [9.17, 15) is 14.0 Å². The third-order valence-electron chi connectivity index (χ3n) is 4.50. The molecule has 0 fully saturated rings. The number of rotatable bonds is 8. The maximum Gasteiger partial charge on any atom is 0.338 e. The van der Waals surface area contributed by atoms with Gasteiger partial charge in [-0.05, 0) is 53.4 Å². The van der Waals surface area contributed by atoms with Crippen LogP contribution >= 0.6 is 0 Å². The Bertz CT molecular complexity index is 1210. The molecule has 0 unspecified atom stereocenters. The predicted molar refractivity (Wildman–Crippen MR) is 124 cm³/mol.